The fourth-order valence-corrected chi connectivity index (χ4v) is 6.63. The highest BCUT2D eigenvalue weighted by molar-refractivity contribution is 7.99. The maximum atomic E-state index is 13.0. The van der Waals surface area contributed by atoms with Gasteiger partial charge in [-0.15, -0.1) is 11.3 Å². The van der Waals surface area contributed by atoms with E-state index in [-0.39, 0.29) is 27.9 Å². The zero-order valence-corrected chi connectivity index (χ0v) is 23.4. The Labute approximate surface area is 222 Å². The lowest BCUT2D eigenvalue weighted by atomic mass is 10.2. The van der Waals surface area contributed by atoms with Gasteiger partial charge in [0.15, 0.2) is 5.16 Å². The van der Waals surface area contributed by atoms with E-state index in [1.165, 1.54) is 47.4 Å². The number of anilines is 2. The van der Waals surface area contributed by atoms with Crippen LogP contribution in [0.4, 0.5) is 11.5 Å². The first-order valence-corrected chi connectivity index (χ1v) is 14.7. The number of thioether (sulfide) groups is 1. The summed E-state index contributed by atoms with van der Waals surface area (Å²) in [7, 11) is -3.87. The number of thiophene rings is 1. The van der Waals surface area contributed by atoms with Crippen molar-refractivity contribution in [2.45, 2.75) is 51.2 Å². The topological polar surface area (TPSA) is 136 Å². The quantitative estimate of drug-likeness (QED) is 0.244. The molecule has 0 atom stereocenters. The Morgan fingerprint density at radius 2 is 1.78 bits per heavy atom. The van der Waals surface area contributed by atoms with Gasteiger partial charge in [0, 0.05) is 28.9 Å². The van der Waals surface area contributed by atoms with Crippen LogP contribution in [0.25, 0.3) is 10.2 Å². The maximum absolute atomic E-state index is 13.0. The highest BCUT2D eigenvalue weighted by atomic mass is 32.2. The van der Waals surface area contributed by atoms with Crippen molar-refractivity contribution in [2.75, 3.05) is 15.8 Å². The number of carbonyl (C=O) groups excluding carboxylic acids is 1. The van der Waals surface area contributed by atoms with Gasteiger partial charge in [-0.2, -0.15) is 0 Å². The van der Waals surface area contributed by atoms with Gasteiger partial charge in [-0.3, -0.25) is 18.9 Å². The molecule has 0 unspecified atom stereocenters. The summed E-state index contributed by atoms with van der Waals surface area (Å²) in [6.45, 7) is 9.62. The molecule has 10 nitrogen and oxygen atoms in total. The van der Waals surface area contributed by atoms with Crippen LogP contribution < -0.4 is 15.6 Å². The molecule has 37 heavy (non-hydrogen) atoms. The van der Waals surface area contributed by atoms with Crippen LogP contribution in [0.3, 0.4) is 0 Å². The molecule has 194 valence electrons. The number of nitrogens with one attached hydrogen (secondary N) is 2. The van der Waals surface area contributed by atoms with Crippen molar-refractivity contribution in [1.29, 1.82) is 0 Å². The number of fused-ring (bicyclic) bond motifs is 1. The second kappa shape index (κ2) is 10.6. The first kappa shape index (κ1) is 26.8. The minimum atomic E-state index is -3.87. The summed E-state index contributed by atoms with van der Waals surface area (Å²) in [4.78, 5) is 40.2. The average Bonchev–Trinajstić information content (AvgIpc) is 3.10. The van der Waals surface area contributed by atoms with Crippen molar-refractivity contribution in [1.82, 2.24) is 19.5 Å². The number of sulfonamides is 1. The maximum Gasteiger partial charge on any atom is 0.263 e. The molecule has 3 aromatic heterocycles. The Bertz CT molecular complexity index is 1640. The van der Waals surface area contributed by atoms with E-state index in [9.17, 15) is 18.0 Å². The van der Waals surface area contributed by atoms with E-state index >= 15 is 0 Å². The van der Waals surface area contributed by atoms with Crippen molar-refractivity contribution >= 4 is 60.8 Å². The van der Waals surface area contributed by atoms with Gasteiger partial charge in [-0.05, 0) is 64.4 Å². The summed E-state index contributed by atoms with van der Waals surface area (Å²) in [6, 6.07) is 7.37. The Kier molecular flexibility index (Phi) is 7.67. The zero-order valence-electron chi connectivity index (χ0n) is 20.9. The van der Waals surface area contributed by atoms with Crippen molar-refractivity contribution in [3.05, 3.63) is 62.6 Å². The first-order valence-electron chi connectivity index (χ1n) is 11.4. The largest absolute Gasteiger partial charge is 0.325 e. The van der Waals surface area contributed by atoms with E-state index in [1.54, 1.807) is 24.5 Å². The van der Waals surface area contributed by atoms with Gasteiger partial charge in [-0.1, -0.05) is 11.8 Å². The van der Waals surface area contributed by atoms with Gasteiger partial charge in [-0.25, -0.2) is 23.4 Å². The molecule has 0 saturated carbocycles. The van der Waals surface area contributed by atoms with Gasteiger partial charge in [0.2, 0.25) is 5.91 Å². The predicted octanol–water partition coefficient (Wildman–Crippen LogP) is 4.03. The highest BCUT2D eigenvalue weighted by Crippen LogP contribution is 2.28. The molecule has 0 spiro atoms. The molecular formula is C24H26N6O4S3. The molecule has 13 heteroatoms. The zero-order chi connectivity index (χ0) is 26.9. The van der Waals surface area contributed by atoms with Crippen LogP contribution >= 0.6 is 23.1 Å². The fraction of sp³-hybridized carbons (Fsp3) is 0.292. The molecule has 4 rings (SSSR count). The molecule has 4 aromatic rings. The lowest BCUT2D eigenvalue weighted by Gasteiger charge is -2.11. The number of aryl methyl sites for hydroxylation is 4. The predicted molar refractivity (Wildman–Crippen MR) is 147 cm³/mol. The highest BCUT2D eigenvalue weighted by Gasteiger charge is 2.18. The molecule has 0 aliphatic heterocycles. The normalized spacial score (nSPS) is 11.6. The SMILES string of the molecule is CCn1c(SCC(=O)Nc2ccc(S(=O)(=O)Nc3cc(C)nc(C)n3)cc2)nc2sc(C)c(C)c2c1=O. The monoisotopic (exact) mass is 558 g/mol. The van der Waals surface area contributed by atoms with Gasteiger partial charge in [0.1, 0.15) is 16.5 Å². The van der Waals surface area contributed by atoms with Crippen LogP contribution in [0.2, 0.25) is 0 Å². The van der Waals surface area contributed by atoms with E-state index in [2.05, 4.69) is 25.0 Å². The van der Waals surface area contributed by atoms with Crippen LogP contribution in [-0.4, -0.2) is 39.6 Å². The van der Waals surface area contributed by atoms with Crippen LogP contribution in [0.15, 0.2) is 45.2 Å². The van der Waals surface area contributed by atoms with Crippen molar-refractivity contribution < 1.29 is 13.2 Å². The lowest BCUT2D eigenvalue weighted by Crippen LogP contribution is -2.23. The van der Waals surface area contributed by atoms with E-state index in [0.717, 1.165) is 10.4 Å². The third-order valence-corrected chi connectivity index (χ3v) is 9.00. The van der Waals surface area contributed by atoms with E-state index in [0.29, 0.717) is 39.1 Å². The van der Waals surface area contributed by atoms with Gasteiger partial charge < -0.3 is 5.32 Å². The summed E-state index contributed by atoms with van der Waals surface area (Å²) in [6.07, 6.45) is 0. The Hall–Kier alpha value is -3.29. The smallest absolute Gasteiger partial charge is 0.263 e. The molecule has 0 saturated heterocycles. The Morgan fingerprint density at radius 3 is 2.43 bits per heavy atom. The molecule has 2 N–H and O–H groups in total. The number of hydrogen-bond acceptors (Lipinski definition) is 9. The van der Waals surface area contributed by atoms with Crippen LogP contribution in [0.1, 0.15) is 28.9 Å². The molecular weight excluding hydrogens is 533 g/mol. The standard InChI is InChI=1S/C24H26N6O4S3/c1-6-30-23(32)21-14(3)15(4)36-22(21)28-24(30)35-12-20(31)27-17-7-9-18(10-8-17)37(33,34)29-19-11-13(2)25-16(5)26-19/h7-11H,6,12H2,1-5H3,(H,27,31)(H,25,26,29). The minimum Gasteiger partial charge on any atom is -0.325 e. The third-order valence-electron chi connectivity index (χ3n) is 5.56. The second-order valence-electron chi connectivity index (χ2n) is 8.32. The first-order chi connectivity index (χ1) is 17.5. The van der Waals surface area contributed by atoms with Crippen molar-refractivity contribution in [2.24, 2.45) is 0 Å². The number of carbonyl (C=O) groups is 1. The van der Waals surface area contributed by atoms with Gasteiger partial charge >= 0.3 is 0 Å². The molecule has 0 bridgehead atoms. The lowest BCUT2D eigenvalue weighted by molar-refractivity contribution is -0.113. The third kappa shape index (κ3) is 5.84. The van der Waals surface area contributed by atoms with Crippen LogP contribution in [-0.2, 0) is 21.4 Å². The van der Waals surface area contributed by atoms with Gasteiger partial charge in [0.25, 0.3) is 15.6 Å². The Morgan fingerprint density at radius 1 is 1.08 bits per heavy atom. The van der Waals surface area contributed by atoms with E-state index in [1.807, 2.05) is 20.8 Å². The number of benzene rings is 1. The van der Waals surface area contributed by atoms with Crippen molar-refractivity contribution in [3.8, 4) is 0 Å². The number of rotatable bonds is 8. The average molecular weight is 559 g/mol. The minimum absolute atomic E-state index is 0.0276. The number of amides is 1. The molecule has 1 amide bonds. The summed E-state index contributed by atoms with van der Waals surface area (Å²) in [5.41, 5.74) is 1.93. The summed E-state index contributed by atoms with van der Waals surface area (Å²) >= 11 is 2.65. The molecule has 0 aliphatic rings. The Balaban J connectivity index is 1.43. The molecule has 3 heterocycles. The van der Waals surface area contributed by atoms with Crippen LogP contribution in [0, 0.1) is 27.7 Å². The number of hydrogen-bond donors (Lipinski definition) is 2. The van der Waals surface area contributed by atoms with Crippen molar-refractivity contribution in [3.63, 3.8) is 0 Å². The summed E-state index contributed by atoms with van der Waals surface area (Å²) in [5.74, 6) is 0.376. The number of nitrogens with zero attached hydrogens (tertiary/aromatic N) is 4. The summed E-state index contributed by atoms with van der Waals surface area (Å²) < 4.78 is 29.5. The molecule has 0 fully saturated rings. The molecule has 0 aliphatic carbocycles. The molecule has 0 radical (unpaired) electrons. The van der Waals surface area contributed by atoms with E-state index in [4.69, 9.17) is 0 Å². The van der Waals surface area contributed by atoms with Gasteiger partial charge in [0.05, 0.1) is 16.0 Å². The second-order valence-corrected chi connectivity index (χ2v) is 12.1. The van der Waals surface area contributed by atoms with Crippen LogP contribution in [0.5, 0.6) is 0 Å². The van der Waals surface area contributed by atoms with E-state index < -0.39 is 10.0 Å². The number of aromatic nitrogens is 4. The summed E-state index contributed by atoms with van der Waals surface area (Å²) in [5, 5.41) is 3.87. The fourth-order valence-electron chi connectivity index (χ4n) is 3.71. The molecule has 1 aromatic carbocycles.